The van der Waals surface area contributed by atoms with Crippen molar-refractivity contribution < 1.29 is 14.6 Å². The molecule has 1 aliphatic rings. The Morgan fingerprint density at radius 1 is 1.22 bits per heavy atom. The maximum absolute atomic E-state index is 10.5. The van der Waals surface area contributed by atoms with Crippen molar-refractivity contribution in [1.29, 1.82) is 0 Å². The summed E-state index contributed by atoms with van der Waals surface area (Å²) in [5.41, 5.74) is 9.99. The largest absolute Gasteiger partial charge is 0.481 e. The van der Waals surface area contributed by atoms with Crippen LogP contribution in [0.15, 0.2) is 18.2 Å². The molecule has 0 aliphatic carbocycles. The van der Waals surface area contributed by atoms with E-state index >= 15 is 0 Å². The van der Waals surface area contributed by atoms with Crippen LogP contribution in [0.5, 0.6) is 0 Å². The number of nitrogen functional groups attached to an aromatic ring is 1. The number of unbranched alkanes of at least 4 members (excludes halogenated alkanes) is 1. The molecule has 0 radical (unpaired) electrons. The number of fused-ring (bicyclic) bond motifs is 3. The standard InChI is InChI=1S/C23H32N6O3/c1-2-3-4-19-26-21-17-6-5-16(15-18(17)25-23(24)22(21)27-19)29-10-8-28(9-11-29)12-14-32-13-7-20(30)31/h5-6,15H,2-4,7-14H2,1H3,(H2,24,25)(H,26,27)(H,30,31). The number of rotatable bonds is 10. The molecule has 0 spiro atoms. The number of imidazole rings is 1. The molecule has 2 aromatic heterocycles. The van der Waals surface area contributed by atoms with E-state index in [1.807, 2.05) is 0 Å². The molecular weight excluding hydrogens is 408 g/mol. The Bertz CT molecular complexity index is 1070. The van der Waals surface area contributed by atoms with Gasteiger partial charge < -0.3 is 25.5 Å². The minimum atomic E-state index is -0.824. The number of nitrogens with one attached hydrogen (secondary N) is 1. The van der Waals surface area contributed by atoms with Crippen molar-refractivity contribution in [1.82, 2.24) is 19.9 Å². The highest BCUT2D eigenvalue weighted by Crippen LogP contribution is 2.29. The van der Waals surface area contributed by atoms with Crippen molar-refractivity contribution in [2.45, 2.75) is 32.6 Å². The molecule has 9 nitrogen and oxygen atoms in total. The summed E-state index contributed by atoms with van der Waals surface area (Å²) in [7, 11) is 0. The highest BCUT2D eigenvalue weighted by atomic mass is 16.5. The lowest BCUT2D eigenvalue weighted by Crippen LogP contribution is -2.47. The quantitative estimate of drug-likeness (QED) is 0.412. The Labute approximate surface area is 187 Å². The van der Waals surface area contributed by atoms with Crippen molar-refractivity contribution in [3.8, 4) is 0 Å². The molecule has 9 heteroatoms. The van der Waals surface area contributed by atoms with Crippen molar-refractivity contribution in [2.24, 2.45) is 0 Å². The van der Waals surface area contributed by atoms with Gasteiger partial charge in [-0.05, 0) is 24.6 Å². The van der Waals surface area contributed by atoms with Crippen LogP contribution in [0, 0.1) is 0 Å². The maximum atomic E-state index is 10.5. The Morgan fingerprint density at radius 3 is 2.78 bits per heavy atom. The van der Waals surface area contributed by atoms with Gasteiger partial charge in [-0.25, -0.2) is 9.97 Å². The predicted molar refractivity (Wildman–Crippen MR) is 126 cm³/mol. The second-order valence-electron chi connectivity index (χ2n) is 8.29. The molecule has 1 saturated heterocycles. The second kappa shape index (κ2) is 10.1. The van der Waals surface area contributed by atoms with E-state index in [-0.39, 0.29) is 13.0 Å². The highest BCUT2D eigenvalue weighted by molar-refractivity contribution is 6.06. The molecule has 4 rings (SSSR count). The van der Waals surface area contributed by atoms with Gasteiger partial charge in [0.1, 0.15) is 22.7 Å². The summed E-state index contributed by atoms with van der Waals surface area (Å²) in [6, 6.07) is 6.35. The fourth-order valence-electron chi connectivity index (χ4n) is 4.15. The summed E-state index contributed by atoms with van der Waals surface area (Å²) in [5.74, 6) is 0.637. The number of carboxylic acids is 1. The van der Waals surface area contributed by atoms with Crippen LogP contribution in [0.1, 0.15) is 32.0 Å². The number of ether oxygens (including phenoxy) is 1. The van der Waals surface area contributed by atoms with Gasteiger partial charge in [-0.1, -0.05) is 13.3 Å². The number of hydrogen-bond donors (Lipinski definition) is 3. The van der Waals surface area contributed by atoms with E-state index in [1.165, 1.54) is 0 Å². The number of carboxylic acid groups (broad SMARTS) is 1. The Morgan fingerprint density at radius 2 is 2.03 bits per heavy atom. The van der Waals surface area contributed by atoms with E-state index in [0.29, 0.717) is 12.4 Å². The first-order valence-corrected chi connectivity index (χ1v) is 11.4. The number of H-pyrrole nitrogens is 1. The summed E-state index contributed by atoms with van der Waals surface area (Å²) < 4.78 is 5.41. The highest BCUT2D eigenvalue weighted by Gasteiger charge is 2.18. The molecule has 4 N–H and O–H groups in total. The normalized spacial score (nSPS) is 15.1. The van der Waals surface area contributed by atoms with Gasteiger partial charge in [0.25, 0.3) is 0 Å². The fraction of sp³-hybridized carbons (Fsp3) is 0.522. The number of hydrogen-bond acceptors (Lipinski definition) is 7. The van der Waals surface area contributed by atoms with Crippen LogP contribution in [-0.4, -0.2) is 76.9 Å². The third-order valence-corrected chi connectivity index (χ3v) is 6.00. The second-order valence-corrected chi connectivity index (χ2v) is 8.29. The van der Waals surface area contributed by atoms with Crippen LogP contribution in [0.2, 0.25) is 0 Å². The van der Waals surface area contributed by atoms with Crippen LogP contribution < -0.4 is 10.6 Å². The van der Waals surface area contributed by atoms with Gasteiger partial charge in [-0.2, -0.15) is 0 Å². The minimum Gasteiger partial charge on any atom is -0.481 e. The topological polar surface area (TPSA) is 121 Å². The third kappa shape index (κ3) is 5.11. The average Bonchev–Trinajstić information content (AvgIpc) is 3.22. The zero-order valence-electron chi connectivity index (χ0n) is 18.6. The molecule has 0 bridgehead atoms. The van der Waals surface area contributed by atoms with E-state index in [0.717, 1.165) is 85.4 Å². The van der Waals surface area contributed by atoms with Gasteiger partial charge in [0.15, 0.2) is 0 Å². The average molecular weight is 441 g/mol. The number of benzene rings is 1. The van der Waals surface area contributed by atoms with Crippen molar-refractivity contribution in [2.75, 3.05) is 56.6 Å². The molecule has 0 atom stereocenters. The number of aromatic amines is 1. The fourth-order valence-corrected chi connectivity index (χ4v) is 4.15. The van der Waals surface area contributed by atoms with Crippen LogP contribution in [0.4, 0.5) is 11.5 Å². The number of pyridine rings is 1. The molecule has 32 heavy (non-hydrogen) atoms. The van der Waals surface area contributed by atoms with Gasteiger partial charge in [0.2, 0.25) is 0 Å². The van der Waals surface area contributed by atoms with E-state index in [2.05, 4.69) is 44.9 Å². The van der Waals surface area contributed by atoms with Gasteiger partial charge in [0.05, 0.1) is 25.2 Å². The summed E-state index contributed by atoms with van der Waals surface area (Å²) in [6.45, 7) is 7.54. The van der Waals surface area contributed by atoms with Crippen molar-refractivity contribution in [3.63, 3.8) is 0 Å². The monoisotopic (exact) mass is 440 g/mol. The van der Waals surface area contributed by atoms with Gasteiger partial charge in [-0.15, -0.1) is 0 Å². The Kier molecular flexibility index (Phi) is 7.06. The van der Waals surface area contributed by atoms with Crippen molar-refractivity contribution in [3.05, 3.63) is 24.0 Å². The first kappa shape index (κ1) is 22.3. The first-order valence-electron chi connectivity index (χ1n) is 11.4. The number of anilines is 2. The van der Waals surface area contributed by atoms with Crippen LogP contribution in [-0.2, 0) is 16.0 Å². The maximum Gasteiger partial charge on any atom is 0.305 e. The molecule has 0 saturated carbocycles. The van der Waals surface area contributed by atoms with E-state index in [9.17, 15) is 4.79 Å². The predicted octanol–water partition coefficient (Wildman–Crippen LogP) is 2.65. The number of piperazine rings is 1. The third-order valence-electron chi connectivity index (χ3n) is 6.00. The number of nitrogens with zero attached hydrogens (tertiary/aromatic N) is 4. The Balaban J connectivity index is 1.40. The summed E-state index contributed by atoms with van der Waals surface area (Å²) in [5, 5.41) is 9.67. The number of aryl methyl sites for hydroxylation is 1. The molecule has 0 unspecified atom stereocenters. The van der Waals surface area contributed by atoms with E-state index < -0.39 is 5.97 Å². The lowest BCUT2D eigenvalue weighted by atomic mass is 10.1. The molecule has 3 aromatic rings. The zero-order chi connectivity index (χ0) is 22.5. The lowest BCUT2D eigenvalue weighted by Gasteiger charge is -2.36. The van der Waals surface area contributed by atoms with Gasteiger partial charge >= 0.3 is 5.97 Å². The molecule has 172 valence electrons. The zero-order valence-corrected chi connectivity index (χ0v) is 18.6. The van der Waals surface area contributed by atoms with Crippen LogP contribution in [0.25, 0.3) is 21.9 Å². The SMILES string of the molecule is CCCCc1nc2c([nH]1)c(N)nc1cc(N3CCN(CCOCCC(=O)O)CC3)ccc12. The Hall–Kier alpha value is -2.91. The molecule has 3 heterocycles. The summed E-state index contributed by atoms with van der Waals surface area (Å²) in [6.07, 6.45) is 3.19. The molecular formula is C23H32N6O3. The molecule has 1 fully saturated rings. The van der Waals surface area contributed by atoms with Gasteiger partial charge in [-0.3, -0.25) is 9.69 Å². The molecule has 1 aromatic carbocycles. The number of nitrogens with two attached hydrogens (primary N) is 1. The number of aliphatic carboxylic acids is 1. The van der Waals surface area contributed by atoms with Crippen molar-refractivity contribution >= 4 is 39.4 Å². The number of aromatic nitrogens is 3. The smallest absolute Gasteiger partial charge is 0.305 e. The first-order chi connectivity index (χ1) is 15.5. The van der Waals surface area contributed by atoms with E-state index in [4.69, 9.17) is 20.6 Å². The summed E-state index contributed by atoms with van der Waals surface area (Å²) >= 11 is 0. The number of carbonyl (C=O) groups is 1. The lowest BCUT2D eigenvalue weighted by molar-refractivity contribution is -0.138. The molecule has 1 aliphatic heterocycles. The summed E-state index contributed by atoms with van der Waals surface area (Å²) in [4.78, 5) is 28.0. The van der Waals surface area contributed by atoms with Crippen LogP contribution in [0.3, 0.4) is 0 Å². The van der Waals surface area contributed by atoms with Crippen LogP contribution >= 0.6 is 0 Å². The van der Waals surface area contributed by atoms with Gasteiger partial charge in [0, 0.05) is 50.2 Å². The molecule has 0 amide bonds. The minimum absolute atomic E-state index is 0.0545. The van der Waals surface area contributed by atoms with E-state index in [1.54, 1.807) is 0 Å².